The lowest BCUT2D eigenvalue weighted by atomic mass is 9.86. The molecule has 2 heterocycles. The van der Waals surface area contributed by atoms with Gasteiger partial charge in [0, 0.05) is 61.8 Å². The highest BCUT2D eigenvalue weighted by Crippen LogP contribution is 2.46. The van der Waals surface area contributed by atoms with E-state index in [2.05, 4.69) is 44.4 Å². The molecule has 0 saturated carbocycles. The zero-order valence-electron chi connectivity index (χ0n) is 41.7. The Morgan fingerprint density at radius 2 is 0.868 bits per heavy atom. The molecule has 68 heavy (non-hydrogen) atoms. The van der Waals surface area contributed by atoms with Crippen LogP contribution in [0.5, 0.6) is 51.7 Å². The maximum Gasteiger partial charge on any atom is 0.331 e. The predicted molar refractivity (Wildman–Crippen MR) is 257 cm³/mol. The van der Waals surface area contributed by atoms with Gasteiger partial charge in [-0.15, -0.1) is 0 Å². The van der Waals surface area contributed by atoms with Gasteiger partial charge in [-0.25, -0.2) is 9.59 Å². The number of hydrogen-bond acceptors (Lipinski definition) is 13. The second kappa shape index (κ2) is 23.1. The molecule has 0 saturated heterocycles. The highest BCUT2D eigenvalue weighted by atomic mass is 16.5. The van der Waals surface area contributed by atoms with E-state index < -0.39 is 11.9 Å². The molecule has 368 valence electrons. The molecule has 4 aromatic rings. The summed E-state index contributed by atoms with van der Waals surface area (Å²) in [5, 5.41) is 0. The first-order valence-corrected chi connectivity index (χ1v) is 23.0. The Morgan fingerprint density at radius 1 is 0.485 bits per heavy atom. The Labute approximate surface area is 401 Å². The van der Waals surface area contributed by atoms with Crippen LogP contribution in [0.1, 0.15) is 58.3 Å². The molecule has 0 radical (unpaired) electrons. The Balaban J connectivity index is 1.05. The lowest BCUT2D eigenvalue weighted by Gasteiger charge is -2.46. The standard InChI is InChI=1S/C53H70N2O13/c1-54(22-18-37-31-45(60-5)47(62-7)33-39(37)41(54)26-35-14-15-43(58-3)44(28-35)59-4)20-12-24-67-51(56)16-17-52(57)68-25-13-21-55(2)23-19-38-32-46(61-6)48(63-8)34-40(38)42(55)27-36-29-49(64-9)53(66-11)50(30-36)65-10/h14-17,28-34,41-42H,12-13,18-27H2,1-11H3/q+2/b17-16-/t41-,42-,54-,55-/m1/s1. The molecule has 6 rings (SSSR count). The molecule has 4 atom stereocenters. The van der Waals surface area contributed by atoms with Crippen molar-refractivity contribution in [3.63, 3.8) is 0 Å². The molecule has 0 unspecified atom stereocenters. The molecule has 2 aliphatic heterocycles. The molecular formula is C53H70N2O13+2. The van der Waals surface area contributed by atoms with E-state index in [1.165, 1.54) is 16.7 Å². The van der Waals surface area contributed by atoms with Gasteiger partial charge < -0.3 is 61.1 Å². The van der Waals surface area contributed by atoms with E-state index in [1.807, 2.05) is 24.3 Å². The molecule has 0 amide bonds. The summed E-state index contributed by atoms with van der Waals surface area (Å²) in [6, 6.07) is 18.4. The van der Waals surface area contributed by atoms with Crippen molar-refractivity contribution < 1.29 is 70.7 Å². The molecule has 0 aliphatic carbocycles. The topological polar surface area (TPSA) is 136 Å². The SMILES string of the molecule is COc1ccc(C[C@@H]2c3cc(OC)c(OC)cc3CC[N@@+]2(C)CCCOC(=O)/C=C\C(=O)OCCC[N@+]2(C)CCc3cc(OC)c(OC)cc3[C@H]2Cc2cc(OC)c(OC)c(OC)c2)cc1OC. The molecule has 0 aromatic heterocycles. The summed E-state index contributed by atoms with van der Waals surface area (Å²) in [6.07, 6.45) is 6.58. The van der Waals surface area contributed by atoms with Crippen molar-refractivity contribution in [1.82, 2.24) is 0 Å². The lowest BCUT2D eigenvalue weighted by Crippen LogP contribution is -2.52. The number of fused-ring (bicyclic) bond motifs is 2. The maximum absolute atomic E-state index is 12.9. The zero-order chi connectivity index (χ0) is 49.0. The van der Waals surface area contributed by atoms with E-state index in [4.69, 9.17) is 52.1 Å². The van der Waals surface area contributed by atoms with Gasteiger partial charge in [-0.2, -0.15) is 0 Å². The molecule has 4 aromatic carbocycles. The first-order chi connectivity index (χ1) is 32.8. The average Bonchev–Trinajstić information content (AvgIpc) is 3.36. The van der Waals surface area contributed by atoms with Crippen LogP contribution in [-0.4, -0.2) is 138 Å². The largest absolute Gasteiger partial charge is 0.493 e. The van der Waals surface area contributed by atoms with Gasteiger partial charge in [0.2, 0.25) is 5.75 Å². The van der Waals surface area contributed by atoms with Crippen molar-refractivity contribution in [2.75, 3.05) is 117 Å². The Morgan fingerprint density at radius 3 is 1.28 bits per heavy atom. The van der Waals surface area contributed by atoms with Crippen molar-refractivity contribution in [1.29, 1.82) is 0 Å². The van der Waals surface area contributed by atoms with Crippen LogP contribution in [0.25, 0.3) is 0 Å². The normalized spacial score (nSPS) is 19.5. The van der Waals surface area contributed by atoms with Crippen LogP contribution in [0.3, 0.4) is 0 Å². The molecular weight excluding hydrogens is 873 g/mol. The van der Waals surface area contributed by atoms with Crippen LogP contribution in [-0.2, 0) is 44.7 Å². The fraction of sp³-hybridized carbons (Fsp3) is 0.472. The Bertz CT molecular complexity index is 2390. The van der Waals surface area contributed by atoms with Gasteiger partial charge in [0.05, 0.1) is 117 Å². The van der Waals surface area contributed by atoms with E-state index in [-0.39, 0.29) is 25.3 Å². The molecule has 0 spiro atoms. The van der Waals surface area contributed by atoms with Gasteiger partial charge in [-0.05, 0) is 70.8 Å². The number of likely N-dealkylation sites (N-methyl/N-ethyl adjacent to an activating group) is 2. The number of methoxy groups -OCH3 is 9. The Kier molecular flexibility index (Phi) is 17.4. The second-order valence-corrected chi connectivity index (χ2v) is 17.7. The minimum absolute atomic E-state index is 0.0122. The van der Waals surface area contributed by atoms with Gasteiger partial charge in [0.25, 0.3) is 0 Å². The maximum atomic E-state index is 12.9. The fourth-order valence-corrected chi connectivity index (χ4v) is 9.99. The summed E-state index contributed by atoms with van der Waals surface area (Å²) in [4.78, 5) is 25.7. The number of ether oxygens (including phenoxy) is 11. The van der Waals surface area contributed by atoms with Gasteiger partial charge in [-0.3, -0.25) is 0 Å². The molecule has 15 heteroatoms. The van der Waals surface area contributed by atoms with Crippen LogP contribution in [0.2, 0.25) is 0 Å². The van der Waals surface area contributed by atoms with Crippen LogP contribution in [0, 0.1) is 0 Å². The molecule has 0 fully saturated rings. The number of carbonyl (C=O) groups excluding carboxylic acids is 2. The number of esters is 2. The minimum atomic E-state index is -0.602. The van der Waals surface area contributed by atoms with E-state index in [9.17, 15) is 9.59 Å². The van der Waals surface area contributed by atoms with Crippen molar-refractivity contribution in [2.24, 2.45) is 0 Å². The number of benzene rings is 4. The Hall–Kier alpha value is -6.32. The van der Waals surface area contributed by atoms with Crippen molar-refractivity contribution in [3.05, 3.63) is 100 Å². The van der Waals surface area contributed by atoms with Crippen molar-refractivity contribution in [3.8, 4) is 51.7 Å². The van der Waals surface area contributed by atoms with E-state index in [0.717, 1.165) is 78.8 Å². The summed E-state index contributed by atoms with van der Waals surface area (Å²) >= 11 is 0. The minimum Gasteiger partial charge on any atom is -0.493 e. The second-order valence-electron chi connectivity index (χ2n) is 17.7. The first-order valence-electron chi connectivity index (χ1n) is 23.0. The quantitative estimate of drug-likeness (QED) is 0.0316. The van der Waals surface area contributed by atoms with Gasteiger partial charge in [0.1, 0.15) is 12.1 Å². The van der Waals surface area contributed by atoms with E-state index in [1.54, 1.807) is 64.0 Å². The molecule has 0 bridgehead atoms. The number of hydrogen-bond donors (Lipinski definition) is 0. The van der Waals surface area contributed by atoms with Crippen LogP contribution >= 0.6 is 0 Å². The summed E-state index contributed by atoms with van der Waals surface area (Å²) in [7, 11) is 19.2. The third-order valence-electron chi connectivity index (χ3n) is 13.8. The van der Waals surface area contributed by atoms with Crippen LogP contribution in [0.4, 0.5) is 0 Å². The van der Waals surface area contributed by atoms with Gasteiger partial charge in [-0.1, -0.05) is 6.07 Å². The predicted octanol–water partition coefficient (Wildman–Crippen LogP) is 7.46. The van der Waals surface area contributed by atoms with Gasteiger partial charge >= 0.3 is 11.9 Å². The first kappa shape index (κ1) is 51.1. The monoisotopic (exact) mass is 942 g/mol. The van der Waals surface area contributed by atoms with Crippen molar-refractivity contribution in [2.45, 2.75) is 50.6 Å². The van der Waals surface area contributed by atoms with Gasteiger partial charge in [0.15, 0.2) is 46.0 Å². The summed E-state index contributed by atoms with van der Waals surface area (Å²) in [5.41, 5.74) is 6.90. The number of nitrogens with zero attached hydrogens (tertiary/aromatic N) is 2. The summed E-state index contributed by atoms with van der Waals surface area (Å²) in [6.45, 7) is 3.59. The van der Waals surface area contributed by atoms with E-state index in [0.29, 0.717) is 75.5 Å². The lowest BCUT2D eigenvalue weighted by molar-refractivity contribution is -0.941. The highest BCUT2D eigenvalue weighted by molar-refractivity contribution is 5.91. The van der Waals surface area contributed by atoms with Crippen molar-refractivity contribution >= 4 is 11.9 Å². The summed E-state index contributed by atoms with van der Waals surface area (Å²) < 4.78 is 63.5. The fourth-order valence-electron chi connectivity index (χ4n) is 9.99. The molecule has 0 N–H and O–H groups in total. The number of rotatable bonds is 23. The highest BCUT2D eigenvalue weighted by Gasteiger charge is 2.41. The molecule has 2 aliphatic rings. The van der Waals surface area contributed by atoms with E-state index >= 15 is 0 Å². The zero-order valence-corrected chi connectivity index (χ0v) is 41.7. The van der Waals surface area contributed by atoms with Crippen LogP contribution < -0.4 is 42.6 Å². The average molecular weight is 943 g/mol. The third-order valence-corrected chi connectivity index (χ3v) is 13.8. The summed E-state index contributed by atoms with van der Waals surface area (Å²) in [5.74, 6) is 4.60. The van der Waals surface area contributed by atoms with Crippen LogP contribution in [0.15, 0.2) is 66.7 Å². The third kappa shape index (κ3) is 11.5. The smallest absolute Gasteiger partial charge is 0.331 e. The molecule has 15 nitrogen and oxygen atoms in total. The number of carbonyl (C=O) groups is 2. The number of quaternary nitrogens is 2.